The minimum atomic E-state index is -0.360. The van der Waals surface area contributed by atoms with E-state index in [2.05, 4.69) is 12.7 Å². The Bertz CT molecular complexity index is 403. The first-order chi connectivity index (χ1) is 6.86. The monoisotopic (exact) mass is 204 g/mol. The second kappa shape index (κ2) is 3.85. The first kappa shape index (κ1) is 11.4. The van der Waals surface area contributed by atoms with Crippen molar-refractivity contribution in [1.29, 1.82) is 0 Å². The van der Waals surface area contributed by atoms with E-state index in [1.807, 2.05) is 20.8 Å². The lowest BCUT2D eigenvalue weighted by molar-refractivity contribution is -0.386. The van der Waals surface area contributed by atoms with Crippen molar-refractivity contribution >= 4 is 5.69 Å². The normalized spacial score (nSPS) is 11.1. The highest BCUT2D eigenvalue weighted by Crippen LogP contribution is 2.31. The van der Waals surface area contributed by atoms with E-state index in [-0.39, 0.29) is 16.0 Å². The Morgan fingerprint density at radius 2 is 2.00 bits per heavy atom. The van der Waals surface area contributed by atoms with Gasteiger partial charge in [0.05, 0.1) is 4.92 Å². The maximum absolute atomic E-state index is 10.9. The molecule has 0 N–H and O–H groups in total. The minimum Gasteiger partial charge on any atom is -0.258 e. The third kappa shape index (κ3) is 2.43. The van der Waals surface area contributed by atoms with Crippen molar-refractivity contribution in [2.45, 2.75) is 26.2 Å². The maximum Gasteiger partial charge on any atom is 0.273 e. The standard InChI is InChI=1S/C12H14NO2/c1-5-9-6-7-10(12(2,3)4)11(8-9)13(14)15/h6-8H,1H2,2-4H3. The molecule has 0 aromatic heterocycles. The molecule has 15 heavy (non-hydrogen) atoms. The zero-order valence-electron chi connectivity index (χ0n) is 9.20. The van der Waals surface area contributed by atoms with Crippen LogP contribution >= 0.6 is 0 Å². The van der Waals surface area contributed by atoms with E-state index >= 15 is 0 Å². The Balaban J connectivity index is 3.40. The van der Waals surface area contributed by atoms with E-state index in [9.17, 15) is 10.1 Å². The van der Waals surface area contributed by atoms with E-state index in [1.54, 1.807) is 12.1 Å². The molecule has 0 spiro atoms. The van der Waals surface area contributed by atoms with Crippen LogP contribution in [0.5, 0.6) is 0 Å². The minimum absolute atomic E-state index is 0.135. The fraction of sp³-hybridized carbons (Fsp3) is 0.333. The summed E-state index contributed by atoms with van der Waals surface area (Å²) in [6.07, 6.45) is 2.65. The highest BCUT2D eigenvalue weighted by atomic mass is 16.6. The Morgan fingerprint density at radius 1 is 1.40 bits per heavy atom. The zero-order valence-corrected chi connectivity index (χ0v) is 9.20. The lowest BCUT2D eigenvalue weighted by Gasteiger charge is -2.18. The van der Waals surface area contributed by atoms with Gasteiger partial charge in [-0.05, 0) is 17.1 Å². The van der Waals surface area contributed by atoms with Crippen LogP contribution in [-0.2, 0) is 5.41 Å². The third-order valence-corrected chi connectivity index (χ3v) is 2.21. The third-order valence-electron chi connectivity index (χ3n) is 2.21. The molecule has 0 saturated carbocycles. The average Bonchev–Trinajstić information content (AvgIpc) is 2.15. The van der Waals surface area contributed by atoms with Crippen molar-refractivity contribution in [2.75, 3.05) is 0 Å². The number of hydrogen-bond donors (Lipinski definition) is 0. The van der Waals surface area contributed by atoms with Crippen molar-refractivity contribution in [3.8, 4) is 0 Å². The van der Waals surface area contributed by atoms with Crippen LogP contribution in [0.2, 0.25) is 0 Å². The summed E-state index contributed by atoms with van der Waals surface area (Å²) in [7, 11) is 0. The second-order valence-corrected chi connectivity index (χ2v) is 4.42. The van der Waals surface area contributed by atoms with Gasteiger partial charge < -0.3 is 0 Å². The summed E-state index contributed by atoms with van der Waals surface area (Å²) < 4.78 is 0. The van der Waals surface area contributed by atoms with Crippen LogP contribution in [0, 0.1) is 16.2 Å². The van der Waals surface area contributed by atoms with E-state index in [0.29, 0.717) is 5.56 Å². The highest BCUT2D eigenvalue weighted by Gasteiger charge is 2.24. The zero-order chi connectivity index (χ0) is 11.6. The Kier molecular flexibility index (Phi) is 2.93. The van der Waals surface area contributed by atoms with Crippen LogP contribution in [0.3, 0.4) is 0 Å². The molecule has 3 heteroatoms. The smallest absolute Gasteiger partial charge is 0.258 e. The summed E-state index contributed by atoms with van der Waals surface area (Å²) in [6, 6.07) is 5.07. The van der Waals surface area contributed by atoms with Gasteiger partial charge in [0.25, 0.3) is 5.69 Å². The van der Waals surface area contributed by atoms with Crippen LogP contribution in [0.4, 0.5) is 5.69 Å². The Hall–Kier alpha value is -1.64. The second-order valence-electron chi connectivity index (χ2n) is 4.42. The number of benzene rings is 1. The predicted molar refractivity (Wildman–Crippen MR) is 59.8 cm³/mol. The molecular formula is C12H14NO2. The molecule has 0 unspecified atom stereocenters. The highest BCUT2D eigenvalue weighted by molar-refractivity contribution is 5.48. The number of hydrogen-bond acceptors (Lipinski definition) is 2. The van der Waals surface area contributed by atoms with Crippen molar-refractivity contribution in [3.05, 3.63) is 52.1 Å². The fourth-order valence-electron chi connectivity index (χ4n) is 1.43. The van der Waals surface area contributed by atoms with Gasteiger partial charge in [-0.2, -0.15) is 0 Å². The van der Waals surface area contributed by atoms with Gasteiger partial charge >= 0.3 is 0 Å². The lowest BCUT2D eigenvalue weighted by Crippen LogP contribution is -2.13. The Morgan fingerprint density at radius 3 is 2.40 bits per heavy atom. The van der Waals surface area contributed by atoms with Gasteiger partial charge in [-0.15, -0.1) is 0 Å². The van der Waals surface area contributed by atoms with E-state index in [0.717, 1.165) is 5.56 Å². The quantitative estimate of drug-likeness (QED) is 0.548. The van der Waals surface area contributed by atoms with E-state index in [4.69, 9.17) is 0 Å². The van der Waals surface area contributed by atoms with Crippen molar-refractivity contribution in [3.63, 3.8) is 0 Å². The van der Waals surface area contributed by atoms with Gasteiger partial charge in [-0.3, -0.25) is 10.1 Å². The molecule has 0 aliphatic carbocycles. The summed E-state index contributed by atoms with van der Waals surface area (Å²) >= 11 is 0. The SMILES string of the molecule is C=[C]c1ccc(C(C)(C)C)c([N+](=O)[O-])c1. The molecule has 0 bridgehead atoms. The molecule has 1 rings (SSSR count). The molecule has 0 saturated heterocycles. The molecule has 0 atom stereocenters. The number of nitrogens with zero attached hydrogens (tertiary/aromatic N) is 1. The summed E-state index contributed by atoms with van der Waals surface area (Å²) in [6.45, 7) is 9.33. The number of nitro groups is 1. The summed E-state index contributed by atoms with van der Waals surface area (Å²) in [5.74, 6) is 0. The molecule has 0 aliphatic heterocycles. The first-order valence-corrected chi connectivity index (χ1v) is 4.68. The topological polar surface area (TPSA) is 43.1 Å². The summed E-state index contributed by atoms with van der Waals surface area (Å²) in [5, 5.41) is 10.9. The van der Waals surface area contributed by atoms with Gasteiger partial charge in [0.2, 0.25) is 0 Å². The van der Waals surface area contributed by atoms with Crippen LogP contribution in [0.25, 0.3) is 0 Å². The fourth-order valence-corrected chi connectivity index (χ4v) is 1.43. The number of nitro benzene ring substituents is 1. The Labute approximate surface area is 89.6 Å². The van der Waals surface area contributed by atoms with Crippen LogP contribution in [0.1, 0.15) is 31.9 Å². The molecule has 1 radical (unpaired) electrons. The summed E-state index contributed by atoms with van der Waals surface area (Å²) in [5.41, 5.74) is 1.28. The van der Waals surface area contributed by atoms with Crippen LogP contribution < -0.4 is 0 Å². The molecule has 79 valence electrons. The van der Waals surface area contributed by atoms with E-state index < -0.39 is 0 Å². The van der Waals surface area contributed by atoms with Crippen LogP contribution in [0.15, 0.2) is 24.8 Å². The lowest BCUT2D eigenvalue weighted by atomic mass is 9.85. The van der Waals surface area contributed by atoms with Crippen LogP contribution in [-0.4, -0.2) is 4.92 Å². The van der Waals surface area contributed by atoms with Gasteiger partial charge in [-0.1, -0.05) is 39.5 Å². The predicted octanol–water partition coefficient (Wildman–Crippen LogP) is 3.23. The first-order valence-electron chi connectivity index (χ1n) is 4.68. The van der Waals surface area contributed by atoms with E-state index in [1.165, 1.54) is 6.07 Å². The van der Waals surface area contributed by atoms with Gasteiger partial charge in [-0.25, -0.2) is 0 Å². The molecule has 0 amide bonds. The average molecular weight is 204 g/mol. The van der Waals surface area contributed by atoms with Gasteiger partial charge in [0.15, 0.2) is 0 Å². The van der Waals surface area contributed by atoms with Crippen molar-refractivity contribution < 1.29 is 4.92 Å². The molecule has 0 heterocycles. The maximum atomic E-state index is 10.9. The summed E-state index contributed by atoms with van der Waals surface area (Å²) in [4.78, 5) is 10.5. The largest absolute Gasteiger partial charge is 0.273 e. The van der Waals surface area contributed by atoms with Gasteiger partial charge in [0.1, 0.15) is 0 Å². The number of rotatable bonds is 2. The van der Waals surface area contributed by atoms with Gasteiger partial charge in [0, 0.05) is 11.6 Å². The van der Waals surface area contributed by atoms with Crippen molar-refractivity contribution in [1.82, 2.24) is 0 Å². The molecule has 3 nitrogen and oxygen atoms in total. The molecule has 0 aliphatic rings. The molecule has 1 aromatic carbocycles. The molecule has 1 aromatic rings. The van der Waals surface area contributed by atoms with Crippen molar-refractivity contribution in [2.24, 2.45) is 0 Å². The molecule has 0 fully saturated rings. The molecular weight excluding hydrogens is 190 g/mol.